The number of carbonyl (C=O) groups excluding carboxylic acids is 1. The smallest absolute Gasteiger partial charge is 0.270 e. The molecule has 0 saturated carbocycles. The van der Waals surface area contributed by atoms with Crippen LogP contribution in [0.15, 0.2) is 90.4 Å². The number of anilines is 2. The van der Waals surface area contributed by atoms with Crippen molar-refractivity contribution in [3.05, 3.63) is 112 Å². The molecule has 1 aliphatic heterocycles. The van der Waals surface area contributed by atoms with E-state index >= 15 is 0 Å². The molecule has 0 saturated heterocycles. The Kier molecular flexibility index (Phi) is 6.88. The standard InChI is InChI=1S/C26H23ClN2O4S/c1-3-14-29-23-13-12-20(27)16-22(23)24(19-9-5-4-6-10-19)25(34(29,31)32)26(30)28-21-11-7-8-18(15-21)17-33-2/h3-13,15-16H,1,14,17H2,2H3,(H,28,30). The van der Waals surface area contributed by atoms with Gasteiger partial charge in [0.15, 0.2) is 4.91 Å². The molecule has 1 aliphatic rings. The van der Waals surface area contributed by atoms with Crippen molar-refractivity contribution in [3.8, 4) is 0 Å². The van der Waals surface area contributed by atoms with Crippen LogP contribution in [0.5, 0.6) is 0 Å². The van der Waals surface area contributed by atoms with Crippen molar-refractivity contribution in [2.75, 3.05) is 23.3 Å². The lowest BCUT2D eigenvalue weighted by molar-refractivity contribution is -0.112. The highest BCUT2D eigenvalue weighted by Gasteiger charge is 2.41. The Hall–Kier alpha value is -3.39. The third-order valence-electron chi connectivity index (χ3n) is 5.33. The Balaban J connectivity index is 1.95. The molecule has 0 atom stereocenters. The summed E-state index contributed by atoms with van der Waals surface area (Å²) in [6.07, 6.45) is 1.48. The van der Waals surface area contributed by atoms with Gasteiger partial charge in [-0.2, -0.15) is 0 Å². The summed E-state index contributed by atoms with van der Waals surface area (Å²) in [5.74, 6) is -0.742. The lowest BCUT2D eigenvalue weighted by Gasteiger charge is -2.33. The zero-order valence-electron chi connectivity index (χ0n) is 18.5. The molecule has 1 amide bonds. The lowest BCUT2D eigenvalue weighted by Crippen LogP contribution is -2.39. The van der Waals surface area contributed by atoms with E-state index in [4.69, 9.17) is 16.3 Å². The van der Waals surface area contributed by atoms with Crippen LogP contribution in [0.25, 0.3) is 5.57 Å². The molecule has 8 heteroatoms. The molecule has 1 heterocycles. The van der Waals surface area contributed by atoms with Crippen LogP contribution in [0.1, 0.15) is 16.7 Å². The van der Waals surface area contributed by atoms with E-state index in [2.05, 4.69) is 11.9 Å². The molecule has 34 heavy (non-hydrogen) atoms. The first-order chi connectivity index (χ1) is 16.4. The second-order valence-electron chi connectivity index (χ2n) is 7.64. The largest absolute Gasteiger partial charge is 0.380 e. The summed E-state index contributed by atoms with van der Waals surface area (Å²) >= 11 is 6.31. The zero-order valence-corrected chi connectivity index (χ0v) is 20.1. The molecule has 0 bridgehead atoms. The average molecular weight is 495 g/mol. The topological polar surface area (TPSA) is 75.7 Å². The number of nitrogens with one attached hydrogen (secondary N) is 1. The quantitative estimate of drug-likeness (QED) is 0.457. The van der Waals surface area contributed by atoms with Gasteiger partial charge in [0.05, 0.1) is 18.8 Å². The van der Waals surface area contributed by atoms with Crippen LogP contribution in [0.3, 0.4) is 0 Å². The van der Waals surface area contributed by atoms with E-state index in [1.54, 1.807) is 67.8 Å². The van der Waals surface area contributed by atoms with Crippen LogP contribution >= 0.6 is 11.6 Å². The van der Waals surface area contributed by atoms with Crippen LogP contribution in [-0.2, 0) is 26.2 Å². The summed E-state index contributed by atoms with van der Waals surface area (Å²) in [7, 11) is -2.65. The molecular weight excluding hydrogens is 472 g/mol. The first-order valence-corrected chi connectivity index (χ1v) is 12.3. The Morgan fingerprint density at radius 2 is 1.85 bits per heavy atom. The van der Waals surface area contributed by atoms with E-state index < -0.39 is 15.9 Å². The molecule has 0 aliphatic carbocycles. The molecule has 3 aromatic carbocycles. The number of benzene rings is 3. The highest BCUT2D eigenvalue weighted by molar-refractivity contribution is 7.97. The normalized spacial score (nSPS) is 14.5. The number of methoxy groups -OCH3 is 1. The maximum absolute atomic E-state index is 13.8. The summed E-state index contributed by atoms with van der Waals surface area (Å²) in [6.45, 7) is 4.05. The van der Waals surface area contributed by atoms with E-state index in [0.717, 1.165) is 5.56 Å². The van der Waals surface area contributed by atoms with Crippen molar-refractivity contribution >= 4 is 44.5 Å². The lowest BCUT2D eigenvalue weighted by atomic mass is 9.95. The van der Waals surface area contributed by atoms with Gasteiger partial charge in [-0.05, 0) is 41.5 Å². The van der Waals surface area contributed by atoms with Gasteiger partial charge in [-0.1, -0.05) is 60.1 Å². The van der Waals surface area contributed by atoms with Crippen molar-refractivity contribution in [2.24, 2.45) is 0 Å². The number of sulfonamides is 1. The van der Waals surface area contributed by atoms with Gasteiger partial charge in [0.2, 0.25) is 0 Å². The van der Waals surface area contributed by atoms with E-state index in [9.17, 15) is 13.2 Å². The number of hydrogen-bond donors (Lipinski definition) is 1. The van der Waals surface area contributed by atoms with E-state index in [-0.39, 0.29) is 11.4 Å². The number of fused-ring (bicyclic) bond motifs is 1. The van der Waals surface area contributed by atoms with Crippen molar-refractivity contribution < 1.29 is 17.9 Å². The van der Waals surface area contributed by atoms with Gasteiger partial charge in [-0.25, -0.2) is 8.42 Å². The number of carbonyl (C=O) groups is 1. The van der Waals surface area contributed by atoms with Crippen molar-refractivity contribution in [3.63, 3.8) is 0 Å². The predicted octanol–water partition coefficient (Wildman–Crippen LogP) is 5.22. The monoisotopic (exact) mass is 494 g/mol. The molecule has 0 fully saturated rings. The number of halogens is 1. The fourth-order valence-electron chi connectivity index (χ4n) is 3.95. The van der Waals surface area contributed by atoms with Gasteiger partial charge in [0.25, 0.3) is 15.9 Å². The third-order valence-corrected chi connectivity index (χ3v) is 7.40. The van der Waals surface area contributed by atoms with Crippen LogP contribution in [-0.4, -0.2) is 28.0 Å². The summed E-state index contributed by atoms with van der Waals surface area (Å²) < 4.78 is 34.0. The molecule has 0 aromatic heterocycles. The summed E-state index contributed by atoms with van der Waals surface area (Å²) in [6, 6.07) is 21.0. The van der Waals surface area contributed by atoms with Crippen molar-refractivity contribution in [2.45, 2.75) is 6.61 Å². The minimum absolute atomic E-state index is 0.000854. The fraction of sp³-hybridized carbons (Fsp3) is 0.115. The molecule has 174 valence electrons. The van der Waals surface area contributed by atoms with Gasteiger partial charge in [-0.3, -0.25) is 9.10 Å². The molecular formula is C26H23ClN2O4S. The van der Waals surface area contributed by atoms with Gasteiger partial charge >= 0.3 is 0 Å². The maximum atomic E-state index is 13.8. The highest BCUT2D eigenvalue weighted by Crippen LogP contribution is 2.44. The number of hydrogen-bond acceptors (Lipinski definition) is 4. The second-order valence-corrected chi connectivity index (χ2v) is 9.88. The van der Waals surface area contributed by atoms with Crippen molar-refractivity contribution in [1.29, 1.82) is 0 Å². The Morgan fingerprint density at radius 1 is 1.09 bits per heavy atom. The molecule has 0 radical (unpaired) electrons. The molecule has 1 N–H and O–H groups in total. The first-order valence-electron chi connectivity index (χ1n) is 10.5. The minimum atomic E-state index is -4.23. The number of rotatable bonds is 7. The molecule has 0 spiro atoms. The van der Waals surface area contributed by atoms with Crippen LogP contribution < -0.4 is 9.62 Å². The highest BCUT2D eigenvalue weighted by atomic mass is 35.5. The average Bonchev–Trinajstić information content (AvgIpc) is 2.81. The Bertz CT molecular complexity index is 1380. The molecule has 0 unspecified atom stereocenters. The fourth-order valence-corrected chi connectivity index (χ4v) is 5.83. The SMILES string of the molecule is C=CCN1c2ccc(Cl)cc2C(c2ccccc2)=C(C(=O)Nc2cccc(COC)c2)S1(=O)=O. The summed E-state index contributed by atoms with van der Waals surface area (Å²) in [5, 5.41) is 3.18. The minimum Gasteiger partial charge on any atom is -0.380 e. The van der Waals surface area contributed by atoms with Crippen molar-refractivity contribution in [1.82, 2.24) is 0 Å². The summed E-state index contributed by atoms with van der Waals surface area (Å²) in [4.78, 5) is 13.3. The van der Waals surface area contributed by atoms with Crippen LogP contribution in [0.2, 0.25) is 5.02 Å². The Labute approximate surface area is 204 Å². The van der Waals surface area contributed by atoms with E-state index in [1.807, 2.05) is 12.1 Å². The predicted molar refractivity (Wildman–Crippen MR) is 136 cm³/mol. The van der Waals surface area contributed by atoms with Gasteiger partial charge in [-0.15, -0.1) is 6.58 Å². The maximum Gasteiger partial charge on any atom is 0.270 e. The van der Waals surface area contributed by atoms with Crippen LogP contribution in [0, 0.1) is 0 Å². The Morgan fingerprint density at radius 3 is 2.56 bits per heavy atom. The number of amides is 1. The zero-order chi connectivity index (χ0) is 24.3. The van der Waals surface area contributed by atoms with Crippen LogP contribution in [0.4, 0.5) is 11.4 Å². The molecule has 6 nitrogen and oxygen atoms in total. The van der Waals surface area contributed by atoms with Gasteiger partial charge in [0, 0.05) is 29.0 Å². The molecule has 4 rings (SSSR count). The number of ether oxygens (including phenoxy) is 1. The van der Waals surface area contributed by atoms with Gasteiger partial charge < -0.3 is 10.1 Å². The van der Waals surface area contributed by atoms with E-state index in [1.165, 1.54) is 10.4 Å². The van der Waals surface area contributed by atoms with E-state index in [0.29, 0.717) is 39.7 Å². The first kappa shape index (κ1) is 23.8. The van der Waals surface area contributed by atoms with Gasteiger partial charge in [0.1, 0.15) is 0 Å². The molecule has 3 aromatic rings. The number of nitrogens with zero attached hydrogens (tertiary/aromatic N) is 1. The summed E-state index contributed by atoms with van der Waals surface area (Å²) in [5.41, 5.74) is 3.17. The second kappa shape index (κ2) is 9.85. The third kappa shape index (κ3) is 4.50.